The van der Waals surface area contributed by atoms with Gasteiger partial charge >= 0.3 is 0 Å². The Kier molecular flexibility index (Phi) is 3.41. The standard InChI is InChI=1S/C13H21N3O/c1-2-6-10(7-3-1)13-15-12(16-17-13)11-8-4-5-9-14-11/h10-11,14H,1-9H2. The zero-order valence-corrected chi connectivity index (χ0v) is 10.3. The van der Waals surface area contributed by atoms with Crippen molar-refractivity contribution in [1.29, 1.82) is 0 Å². The van der Waals surface area contributed by atoms with E-state index in [1.807, 2.05) is 0 Å². The van der Waals surface area contributed by atoms with E-state index in [1.165, 1.54) is 44.9 Å². The summed E-state index contributed by atoms with van der Waals surface area (Å²) >= 11 is 0. The molecule has 2 heterocycles. The van der Waals surface area contributed by atoms with Crippen LogP contribution in [-0.4, -0.2) is 16.7 Å². The molecule has 4 nitrogen and oxygen atoms in total. The van der Waals surface area contributed by atoms with E-state index < -0.39 is 0 Å². The Bertz CT molecular complexity index is 319. The van der Waals surface area contributed by atoms with Gasteiger partial charge in [0.1, 0.15) is 0 Å². The van der Waals surface area contributed by atoms with Crippen LogP contribution in [0.5, 0.6) is 0 Å². The van der Waals surface area contributed by atoms with Crippen LogP contribution in [-0.2, 0) is 0 Å². The maximum absolute atomic E-state index is 5.46. The van der Waals surface area contributed by atoms with E-state index in [-0.39, 0.29) is 0 Å². The third-order valence-electron chi connectivity index (χ3n) is 4.03. The first-order chi connectivity index (χ1) is 8.43. The Hall–Kier alpha value is -0.900. The molecule has 94 valence electrons. The van der Waals surface area contributed by atoms with Gasteiger partial charge in [-0.2, -0.15) is 4.98 Å². The molecule has 1 aliphatic carbocycles. The average molecular weight is 235 g/mol. The van der Waals surface area contributed by atoms with E-state index in [0.717, 1.165) is 24.7 Å². The molecule has 1 aromatic rings. The highest BCUT2D eigenvalue weighted by Crippen LogP contribution is 2.32. The van der Waals surface area contributed by atoms with Crippen molar-refractivity contribution < 1.29 is 4.52 Å². The molecule has 0 aromatic carbocycles. The minimum absolute atomic E-state index is 0.324. The lowest BCUT2D eigenvalue weighted by atomic mass is 9.89. The Morgan fingerprint density at radius 1 is 1.00 bits per heavy atom. The maximum Gasteiger partial charge on any atom is 0.229 e. The van der Waals surface area contributed by atoms with Gasteiger partial charge < -0.3 is 9.84 Å². The van der Waals surface area contributed by atoms with Crippen LogP contribution >= 0.6 is 0 Å². The number of nitrogens with one attached hydrogen (secondary N) is 1. The molecule has 0 amide bonds. The second-order valence-electron chi connectivity index (χ2n) is 5.33. The summed E-state index contributed by atoms with van der Waals surface area (Å²) in [5, 5.41) is 7.63. The Morgan fingerprint density at radius 3 is 2.59 bits per heavy atom. The predicted molar refractivity (Wildman–Crippen MR) is 64.7 cm³/mol. The summed E-state index contributed by atoms with van der Waals surface area (Å²) in [4.78, 5) is 4.62. The number of nitrogens with zero attached hydrogens (tertiary/aromatic N) is 2. The normalized spacial score (nSPS) is 27.2. The molecule has 17 heavy (non-hydrogen) atoms. The van der Waals surface area contributed by atoms with E-state index >= 15 is 0 Å². The van der Waals surface area contributed by atoms with Crippen molar-refractivity contribution in [3.63, 3.8) is 0 Å². The minimum Gasteiger partial charge on any atom is -0.339 e. The molecule has 2 fully saturated rings. The SMILES string of the molecule is C1CCC(c2nc(C3CCCCN3)no2)CC1. The van der Waals surface area contributed by atoms with Gasteiger partial charge in [-0.3, -0.25) is 0 Å². The summed E-state index contributed by atoms with van der Waals surface area (Å²) < 4.78 is 5.46. The largest absolute Gasteiger partial charge is 0.339 e. The molecule has 3 rings (SSSR count). The van der Waals surface area contributed by atoms with Crippen LogP contribution in [0.4, 0.5) is 0 Å². The lowest BCUT2D eigenvalue weighted by Crippen LogP contribution is -2.27. The molecule has 1 unspecified atom stereocenters. The van der Waals surface area contributed by atoms with Crippen molar-refractivity contribution in [2.45, 2.75) is 63.3 Å². The number of piperidine rings is 1. The molecule has 0 radical (unpaired) electrons. The van der Waals surface area contributed by atoms with Crippen LogP contribution in [0.3, 0.4) is 0 Å². The lowest BCUT2D eigenvalue weighted by Gasteiger charge is -2.20. The topological polar surface area (TPSA) is 51.0 Å². The van der Waals surface area contributed by atoms with Gasteiger partial charge in [0.15, 0.2) is 5.82 Å². The number of aromatic nitrogens is 2. The van der Waals surface area contributed by atoms with Gasteiger partial charge in [-0.15, -0.1) is 0 Å². The zero-order valence-electron chi connectivity index (χ0n) is 10.3. The second kappa shape index (κ2) is 5.17. The smallest absolute Gasteiger partial charge is 0.229 e. The van der Waals surface area contributed by atoms with Gasteiger partial charge in [-0.05, 0) is 32.2 Å². The summed E-state index contributed by atoms with van der Waals surface area (Å²) in [7, 11) is 0. The van der Waals surface area contributed by atoms with E-state index in [2.05, 4.69) is 15.5 Å². The first kappa shape index (κ1) is 11.2. The molecular formula is C13H21N3O. The quantitative estimate of drug-likeness (QED) is 0.856. The minimum atomic E-state index is 0.324. The molecular weight excluding hydrogens is 214 g/mol. The van der Waals surface area contributed by atoms with Crippen molar-refractivity contribution in [1.82, 2.24) is 15.5 Å². The first-order valence-electron chi connectivity index (χ1n) is 7.00. The van der Waals surface area contributed by atoms with Crippen molar-refractivity contribution in [3.8, 4) is 0 Å². The van der Waals surface area contributed by atoms with Crippen LogP contribution in [0.25, 0.3) is 0 Å². The predicted octanol–water partition coefficient (Wildman–Crippen LogP) is 2.93. The van der Waals surface area contributed by atoms with Crippen LogP contribution < -0.4 is 5.32 Å². The monoisotopic (exact) mass is 235 g/mol. The highest BCUT2D eigenvalue weighted by Gasteiger charge is 2.25. The van der Waals surface area contributed by atoms with Gasteiger partial charge in [0.2, 0.25) is 5.89 Å². The fourth-order valence-electron chi connectivity index (χ4n) is 2.98. The number of hydrogen-bond donors (Lipinski definition) is 1. The van der Waals surface area contributed by atoms with E-state index in [1.54, 1.807) is 0 Å². The molecule has 0 bridgehead atoms. The Balaban J connectivity index is 1.68. The van der Waals surface area contributed by atoms with Crippen LogP contribution in [0.2, 0.25) is 0 Å². The van der Waals surface area contributed by atoms with Gasteiger partial charge in [0.25, 0.3) is 0 Å². The number of hydrogen-bond acceptors (Lipinski definition) is 4. The first-order valence-corrected chi connectivity index (χ1v) is 7.00. The summed E-state index contributed by atoms with van der Waals surface area (Å²) in [5.41, 5.74) is 0. The Labute approximate surface area is 102 Å². The fourth-order valence-corrected chi connectivity index (χ4v) is 2.98. The Morgan fingerprint density at radius 2 is 1.82 bits per heavy atom. The molecule has 1 saturated heterocycles. The third-order valence-corrected chi connectivity index (χ3v) is 4.03. The van der Waals surface area contributed by atoms with Crippen molar-refractivity contribution in [2.75, 3.05) is 6.54 Å². The molecule has 4 heteroatoms. The highest BCUT2D eigenvalue weighted by atomic mass is 16.5. The van der Waals surface area contributed by atoms with Crippen LogP contribution in [0.15, 0.2) is 4.52 Å². The lowest BCUT2D eigenvalue weighted by molar-refractivity contribution is 0.307. The van der Waals surface area contributed by atoms with Gasteiger partial charge in [-0.1, -0.05) is 30.8 Å². The maximum atomic E-state index is 5.46. The molecule has 1 saturated carbocycles. The molecule has 1 aliphatic heterocycles. The van der Waals surface area contributed by atoms with E-state index in [0.29, 0.717) is 12.0 Å². The van der Waals surface area contributed by atoms with Crippen molar-refractivity contribution in [3.05, 3.63) is 11.7 Å². The summed E-state index contributed by atoms with van der Waals surface area (Å²) in [6, 6.07) is 0.324. The summed E-state index contributed by atoms with van der Waals surface area (Å²) in [6.07, 6.45) is 10.1. The van der Waals surface area contributed by atoms with Crippen LogP contribution in [0.1, 0.15) is 75.0 Å². The third kappa shape index (κ3) is 2.51. The molecule has 1 N–H and O–H groups in total. The van der Waals surface area contributed by atoms with Gasteiger partial charge in [0, 0.05) is 5.92 Å². The summed E-state index contributed by atoms with van der Waals surface area (Å²) in [6.45, 7) is 1.08. The van der Waals surface area contributed by atoms with Crippen molar-refractivity contribution >= 4 is 0 Å². The fraction of sp³-hybridized carbons (Fsp3) is 0.846. The van der Waals surface area contributed by atoms with E-state index in [9.17, 15) is 0 Å². The summed E-state index contributed by atoms with van der Waals surface area (Å²) in [5.74, 6) is 2.28. The van der Waals surface area contributed by atoms with Gasteiger partial charge in [0.05, 0.1) is 6.04 Å². The van der Waals surface area contributed by atoms with Gasteiger partial charge in [-0.25, -0.2) is 0 Å². The zero-order chi connectivity index (χ0) is 11.5. The highest BCUT2D eigenvalue weighted by molar-refractivity contribution is 5.00. The average Bonchev–Trinajstić information content (AvgIpc) is 2.90. The molecule has 1 aromatic heterocycles. The van der Waals surface area contributed by atoms with Crippen molar-refractivity contribution in [2.24, 2.45) is 0 Å². The molecule has 0 spiro atoms. The number of rotatable bonds is 2. The molecule has 2 aliphatic rings. The van der Waals surface area contributed by atoms with E-state index in [4.69, 9.17) is 4.52 Å². The second-order valence-corrected chi connectivity index (χ2v) is 5.33. The molecule has 1 atom stereocenters. The van der Waals surface area contributed by atoms with Crippen LogP contribution in [0, 0.1) is 0 Å².